The van der Waals surface area contributed by atoms with Crippen LogP contribution in [0.2, 0.25) is 0 Å². The van der Waals surface area contributed by atoms with Gasteiger partial charge in [0.05, 0.1) is 21.4 Å². The van der Waals surface area contributed by atoms with Crippen molar-refractivity contribution in [2.24, 2.45) is 0 Å². The van der Waals surface area contributed by atoms with E-state index in [4.69, 9.17) is 5.11 Å². The fourth-order valence-corrected chi connectivity index (χ4v) is 2.74. The molecule has 1 aromatic rings. The van der Waals surface area contributed by atoms with Crippen LogP contribution in [0, 0.1) is 0 Å². The van der Waals surface area contributed by atoms with Crippen LogP contribution in [0.15, 0.2) is 18.2 Å². The standard InChI is InChI=1S/C13H10F6O8S/c14-12(15,16)11(13(17,18)19,5-28(24,25)26)27-10(23)2-1-7-8(21)3-6(20)4-9(7)22/h1-4,20-22H,5H2,(H,24,25,26)/p-1/b2-1+. The number of carbonyl (C=O) groups is 1. The van der Waals surface area contributed by atoms with Gasteiger partial charge in [0.25, 0.3) is 0 Å². The third kappa shape index (κ3) is 5.19. The van der Waals surface area contributed by atoms with Crippen LogP contribution >= 0.6 is 0 Å². The lowest BCUT2D eigenvalue weighted by Crippen LogP contribution is -2.63. The molecule has 1 rings (SSSR count). The maximum atomic E-state index is 13.0. The highest BCUT2D eigenvalue weighted by Crippen LogP contribution is 2.47. The van der Waals surface area contributed by atoms with Crippen LogP contribution in [0.4, 0.5) is 26.3 Å². The molecule has 15 heteroatoms. The summed E-state index contributed by atoms with van der Waals surface area (Å²) >= 11 is 0. The van der Waals surface area contributed by atoms with E-state index in [9.17, 15) is 54.3 Å². The van der Waals surface area contributed by atoms with E-state index in [1.165, 1.54) is 0 Å². The van der Waals surface area contributed by atoms with Crippen LogP contribution in [0.1, 0.15) is 5.56 Å². The summed E-state index contributed by atoms with van der Waals surface area (Å²) in [6.07, 6.45) is -12.8. The number of aromatic hydroxyl groups is 3. The average Bonchev–Trinajstić information content (AvgIpc) is 2.41. The fourth-order valence-electron chi connectivity index (χ4n) is 1.85. The summed E-state index contributed by atoms with van der Waals surface area (Å²) in [5, 5.41) is 27.9. The number of phenolic OH excluding ortho intramolecular Hbond substituents is 3. The van der Waals surface area contributed by atoms with Gasteiger partial charge in [0.2, 0.25) is 0 Å². The number of carbonyl (C=O) groups excluding carboxylic acids is 1. The minimum Gasteiger partial charge on any atom is -0.748 e. The Morgan fingerprint density at radius 2 is 1.46 bits per heavy atom. The fraction of sp³-hybridized carbons (Fsp3) is 0.308. The monoisotopic (exact) mass is 439 g/mol. The molecule has 0 amide bonds. The number of hydrogen-bond donors (Lipinski definition) is 3. The van der Waals surface area contributed by atoms with Gasteiger partial charge < -0.3 is 24.6 Å². The number of rotatable bonds is 5. The lowest BCUT2D eigenvalue weighted by atomic mass is 10.1. The van der Waals surface area contributed by atoms with E-state index in [2.05, 4.69) is 4.74 Å². The van der Waals surface area contributed by atoms with Gasteiger partial charge in [-0.15, -0.1) is 0 Å². The lowest BCUT2D eigenvalue weighted by molar-refractivity contribution is -0.360. The van der Waals surface area contributed by atoms with Crippen molar-refractivity contribution in [3.8, 4) is 17.2 Å². The van der Waals surface area contributed by atoms with Crippen molar-refractivity contribution in [1.82, 2.24) is 0 Å². The maximum Gasteiger partial charge on any atom is 0.438 e. The van der Waals surface area contributed by atoms with Gasteiger partial charge in [0.15, 0.2) is 0 Å². The minimum atomic E-state index is -6.53. The van der Waals surface area contributed by atoms with Crippen LogP contribution in [0.25, 0.3) is 6.08 Å². The molecule has 0 aliphatic carbocycles. The van der Waals surface area contributed by atoms with Gasteiger partial charge in [-0.25, -0.2) is 13.2 Å². The summed E-state index contributed by atoms with van der Waals surface area (Å²) < 4.78 is 113. The van der Waals surface area contributed by atoms with Gasteiger partial charge in [-0.1, -0.05) is 0 Å². The number of hydrogen-bond acceptors (Lipinski definition) is 8. The molecule has 1 aromatic carbocycles. The second-order valence-electron chi connectivity index (χ2n) is 5.18. The van der Waals surface area contributed by atoms with Gasteiger partial charge in [0, 0.05) is 18.2 Å². The number of benzene rings is 1. The van der Waals surface area contributed by atoms with Crippen LogP contribution in [-0.2, 0) is 19.6 Å². The van der Waals surface area contributed by atoms with Crippen molar-refractivity contribution >= 4 is 22.2 Å². The van der Waals surface area contributed by atoms with Crippen molar-refractivity contribution < 1.29 is 64.2 Å². The summed E-state index contributed by atoms with van der Waals surface area (Å²) in [5.41, 5.74) is -6.35. The number of ether oxygens (including phenoxy) is 1. The smallest absolute Gasteiger partial charge is 0.438 e. The molecule has 0 unspecified atom stereocenters. The number of phenols is 3. The van der Waals surface area contributed by atoms with E-state index in [0.29, 0.717) is 18.2 Å². The third-order valence-corrected chi connectivity index (χ3v) is 3.84. The van der Waals surface area contributed by atoms with E-state index < -0.39 is 62.6 Å². The Balaban J connectivity index is 3.35. The topological polar surface area (TPSA) is 144 Å². The Morgan fingerprint density at radius 3 is 1.82 bits per heavy atom. The van der Waals surface area contributed by atoms with Gasteiger partial charge in [-0.05, 0) is 6.08 Å². The average molecular weight is 439 g/mol. The Hall–Kier alpha value is -2.68. The van der Waals surface area contributed by atoms with Crippen LogP contribution in [0.5, 0.6) is 17.2 Å². The van der Waals surface area contributed by atoms with Gasteiger partial charge in [0.1, 0.15) is 17.2 Å². The second-order valence-corrected chi connectivity index (χ2v) is 6.58. The second kappa shape index (κ2) is 7.38. The molecule has 0 bridgehead atoms. The molecule has 0 aromatic heterocycles. The first kappa shape index (κ1) is 23.4. The lowest BCUT2D eigenvalue weighted by Gasteiger charge is -2.36. The highest BCUT2D eigenvalue weighted by molar-refractivity contribution is 7.85. The number of esters is 1. The molecule has 0 aliphatic heterocycles. The summed E-state index contributed by atoms with van der Waals surface area (Å²) in [4.78, 5) is 11.5. The van der Waals surface area contributed by atoms with E-state index in [0.717, 1.165) is 0 Å². The molecule has 0 saturated heterocycles. The number of alkyl halides is 6. The number of halogens is 6. The maximum absolute atomic E-state index is 13.0. The Labute approximate surface area is 152 Å². The van der Waals surface area contributed by atoms with Gasteiger partial charge in [-0.2, -0.15) is 26.3 Å². The molecule has 8 nitrogen and oxygen atoms in total. The van der Waals surface area contributed by atoms with E-state index in [-0.39, 0.29) is 6.08 Å². The zero-order valence-corrected chi connectivity index (χ0v) is 13.9. The summed E-state index contributed by atoms with van der Waals surface area (Å²) in [6, 6.07) is 1.23. The molecule has 0 saturated carbocycles. The summed E-state index contributed by atoms with van der Waals surface area (Å²) in [7, 11) is -6.18. The predicted octanol–water partition coefficient (Wildman–Crippen LogP) is 1.77. The molecule has 3 N–H and O–H groups in total. The molecule has 158 valence electrons. The van der Waals surface area contributed by atoms with Crippen molar-refractivity contribution in [2.45, 2.75) is 18.0 Å². The minimum absolute atomic E-state index is 0.102. The first-order valence-electron chi connectivity index (χ1n) is 6.62. The highest BCUT2D eigenvalue weighted by Gasteiger charge is 2.75. The van der Waals surface area contributed by atoms with Crippen LogP contribution < -0.4 is 0 Å². The molecule has 0 radical (unpaired) electrons. The van der Waals surface area contributed by atoms with E-state index in [1.807, 2.05) is 0 Å². The van der Waals surface area contributed by atoms with Crippen molar-refractivity contribution in [2.75, 3.05) is 5.75 Å². The van der Waals surface area contributed by atoms with Crippen LogP contribution in [-0.4, -0.2) is 58.0 Å². The molecule has 28 heavy (non-hydrogen) atoms. The first-order valence-corrected chi connectivity index (χ1v) is 8.20. The predicted molar refractivity (Wildman–Crippen MR) is 76.0 cm³/mol. The van der Waals surface area contributed by atoms with Crippen molar-refractivity contribution in [1.29, 1.82) is 0 Å². The third-order valence-electron chi connectivity index (χ3n) is 3.08. The first-order chi connectivity index (χ1) is 12.4. The van der Waals surface area contributed by atoms with Gasteiger partial charge in [-0.3, -0.25) is 0 Å². The molecule has 0 aliphatic rings. The Morgan fingerprint density at radius 1 is 1.04 bits per heavy atom. The van der Waals surface area contributed by atoms with Crippen molar-refractivity contribution in [3.05, 3.63) is 23.8 Å². The zero-order chi connectivity index (χ0) is 22.1. The highest BCUT2D eigenvalue weighted by atomic mass is 32.2. The molecule has 0 spiro atoms. The largest absolute Gasteiger partial charge is 0.748 e. The molecule has 0 heterocycles. The van der Waals surface area contributed by atoms with E-state index in [1.54, 1.807) is 0 Å². The van der Waals surface area contributed by atoms with Crippen molar-refractivity contribution in [3.63, 3.8) is 0 Å². The molecular formula is C13H9F6O8S-. The quantitative estimate of drug-likeness (QED) is 0.273. The zero-order valence-electron chi connectivity index (χ0n) is 13.1. The Bertz CT molecular complexity index is 850. The summed E-state index contributed by atoms with van der Waals surface area (Å²) in [6.45, 7) is 0. The molecular weight excluding hydrogens is 430 g/mol. The SMILES string of the molecule is O=C(/C=C/c1c(O)cc(O)cc1O)OC(CS(=O)(=O)[O-])(C(F)(F)F)C(F)(F)F. The van der Waals surface area contributed by atoms with Gasteiger partial charge >= 0.3 is 23.9 Å². The molecule has 0 atom stereocenters. The molecule has 0 fully saturated rings. The van der Waals surface area contributed by atoms with Crippen LogP contribution in [0.3, 0.4) is 0 Å². The normalized spacial score (nSPS) is 13.7. The Kier molecular flexibility index (Phi) is 6.16. The summed E-state index contributed by atoms with van der Waals surface area (Å²) in [5.74, 6) is -8.06. The van der Waals surface area contributed by atoms with E-state index >= 15 is 0 Å².